The van der Waals surface area contributed by atoms with Crippen LogP contribution in [0.2, 0.25) is 0 Å². The van der Waals surface area contributed by atoms with Gasteiger partial charge in [0.25, 0.3) is 0 Å². The second-order valence-electron chi connectivity index (χ2n) is 5.40. The lowest BCUT2D eigenvalue weighted by Gasteiger charge is -2.17. The maximum Gasteiger partial charge on any atom is 0.148 e. The van der Waals surface area contributed by atoms with Crippen molar-refractivity contribution in [3.05, 3.63) is 34.7 Å². The molecule has 0 fully saturated rings. The van der Waals surface area contributed by atoms with Gasteiger partial charge in [0.05, 0.1) is 5.75 Å². The van der Waals surface area contributed by atoms with Crippen LogP contribution >= 0.6 is 11.3 Å². The van der Waals surface area contributed by atoms with Crippen LogP contribution in [0.1, 0.15) is 10.4 Å². The van der Waals surface area contributed by atoms with Crippen LogP contribution in [-0.2, 0) is 22.9 Å². The maximum atomic E-state index is 11.3. The monoisotopic (exact) mass is 326 g/mol. The van der Waals surface area contributed by atoms with Crippen LogP contribution in [0.4, 0.5) is 0 Å². The summed E-state index contributed by atoms with van der Waals surface area (Å²) in [5, 5.41) is 4.49. The van der Waals surface area contributed by atoms with Crippen molar-refractivity contribution in [1.82, 2.24) is 10.2 Å². The summed E-state index contributed by atoms with van der Waals surface area (Å²) in [4.78, 5) is 3.40. The van der Waals surface area contributed by atoms with E-state index in [9.17, 15) is 8.42 Å². The van der Waals surface area contributed by atoms with Gasteiger partial charge in [-0.1, -0.05) is 18.2 Å². The highest BCUT2D eigenvalue weighted by atomic mass is 32.2. The molecule has 1 N–H and O–H groups in total. The highest BCUT2D eigenvalue weighted by Crippen LogP contribution is 2.32. The zero-order chi connectivity index (χ0) is 15.5. The average Bonchev–Trinajstić information content (AvgIpc) is 2.75. The Kier molecular flexibility index (Phi) is 5.37. The third-order valence-corrected chi connectivity index (χ3v) is 5.53. The molecule has 0 atom stereocenters. The zero-order valence-electron chi connectivity index (χ0n) is 12.7. The van der Waals surface area contributed by atoms with E-state index in [-0.39, 0.29) is 5.75 Å². The smallest absolute Gasteiger partial charge is 0.148 e. The molecule has 1 aromatic carbocycles. The Labute approximate surface area is 130 Å². The minimum absolute atomic E-state index is 0.201. The Hall–Kier alpha value is -0.950. The van der Waals surface area contributed by atoms with Gasteiger partial charge in [-0.15, -0.1) is 11.3 Å². The molecule has 0 saturated heterocycles. The molecule has 2 aromatic rings. The molecule has 0 amide bonds. The zero-order valence-corrected chi connectivity index (χ0v) is 14.4. The fourth-order valence-electron chi connectivity index (χ4n) is 2.30. The van der Waals surface area contributed by atoms with Gasteiger partial charge >= 0.3 is 0 Å². The van der Waals surface area contributed by atoms with Gasteiger partial charge in [-0.3, -0.25) is 0 Å². The molecule has 4 nitrogen and oxygen atoms in total. The summed E-state index contributed by atoms with van der Waals surface area (Å²) in [6.45, 7) is 2.17. The number of rotatable bonds is 7. The molecule has 0 radical (unpaired) electrons. The average molecular weight is 326 g/mol. The molecule has 0 saturated carbocycles. The van der Waals surface area contributed by atoms with Crippen molar-refractivity contribution in [3.8, 4) is 0 Å². The van der Waals surface area contributed by atoms with Crippen LogP contribution in [0.3, 0.4) is 0 Å². The summed E-state index contributed by atoms with van der Waals surface area (Å²) in [7, 11) is 1.01. The Morgan fingerprint density at radius 1 is 1.29 bits per heavy atom. The number of nitrogens with zero attached hydrogens (tertiary/aromatic N) is 1. The third-order valence-electron chi connectivity index (χ3n) is 3.39. The second-order valence-corrected chi connectivity index (χ2v) is 8.79. The van der Waals surface area contributed by atoms with Crippen molar-refractivity contribution in [2.75, 3.05) is 32.6 Å². The Morgan fingerprint density at radius 2 is 2.00 bits per heavy atom. The summed E-state index contributed by atoms with van der Waals surface area (Å²) in [5.41, 5.74) is 1.31. The topological polar surface area (TPSA) is 49.4 Å². The number of nitrogens with one attached hydrogen (secondary N) is 1. The van der Waals surface area contributed by atoms with Gasteiger partial charge in [0.2, 0.25) is 0 Å². The third kappa shape index (κ3) is 4.51. The van der Waals surface area contributed by atoms with Gasteiger partial charge in [-0.25, -0.2) is 8.42 Å². The number of hydrogen-bond donors (Lipinski definition) is 1. The van der Waals surface area contributed by atoms with Crippen molar-refractivity contribution in [1.29, 1.82) is 0 Å². The van der Waals surface area contributed by atoms with E-state index in [1.165, 1.54) is 26.8 Å². The van der Waals surface area contributed by atoms with E-state index in [1.54, 1.807) is 11.3 Å². The molecule has 116 valence electrons. The van der Waals surface area contributed by atoms with E-state index in [1.807, 2.05) is 14.1 Å². The number of sulfone groups is 1. The van der Waals surface area contributed by atoms with Crippen molar-refractivity contribution in [2.45, 2.75) is 13.1 Å². The lowest BCUT2D eigenvalue weighted by molar-refractivity contribution is 0.347. The molecule has 0 spiro atoms. The molecule has 0 aliphatic heterocycles. The number of fused-ring (bicyclic) bond motifs is 1. The first-order chi connectivity index (χ1) is 9.90. The largest absolute Gasteiger partial charge is 0.315 e. The summed E-state index contributed by atoms with van der Waals surface area (Å²) >= 11 is 1.81. The maximum absolute atomic E-state index is 11.3. The summed E-state index contributed by atoms with van der Waals surface area (Å²) in [5.74, 6) is 0.201. The first kappa shape index (κ1) is 16.4. The number of hydrogen-bond acceptors (Lipinski definition) is 5. The molecule has 2 rings (SSSR count). The van der Waals surface area contributed by atoms with Crippen LogP contribution in [-0.4, -0.2) is 46.0 Å². The Balaban J connectivity index is 2.21. The van der Waals surface area contributed by atoms with Crippen LogP contribution in [0.25, 0.3) is 10.1 Å². The molecule has 0 aliphatic rings. The van der Waals surface area contributed by atoms with Gasteiger partial charge in [0, 0.05) is 35.5 Å². The first-order valence-electron chi connectivity index (χ1n) is 6.91. The fraction of sp³-hybridized carbons (Fsp3) is 0.467. The minimum Gasteiger partial charge on any atom is -0.315 e. The van der Waals surface area contributed by atoms with Gasteiger partial charge in [0.1, 0.15) is 9.84 Å². The van der Waals surface area contributed by atoms with Gasteiger partial charge in [0.15, 0.2) is 0 Å². The van der Waals surface area contributed by atoms with Crippen molar-refractivity contribution >= 4 is 31.3 Å². The molecule has 0 unspecified atom stereocenters. The minimum atomic E-state index is -2.91. The van der Waals surface area contributed by atoms with E-state index in [0.717, 1.165) is 13.1 Å². The molecule has 21 heavy (non-hydrogen) atoms. The Bertz CT molecular complexity index is 708. The van der Waals surface area contributed by atoms with Crippen molar-refractivity contribution in [3.63, 3.8) is 0 Å². The number of benzene rings is 1. The van der Waals surface area contributed by atoms with E-state index >= 15 is 0 Å². The lowest BCUT2D eigenvalue weighted by Crippen LogP contribution is -2.25. The van der Waals surface area contributed by atoms with E-state index in [4.69, 9.17) is 0 Å². The summed E-state index contributed by atoms with van der Waals surface area (Å²) in [6.07, 6.45) is 1.28. The molecule has 6 heteroatoms. The van der Waals surface area contributed by atoms with Crippen LogP contribution < -0.4 is 5.32 Å². The standard InChI is InChI=1S/C15H22N2O2S2/c1-16-10-15-13(11-17(2)8-9-21(3,18)19)12-6-4-5-7-14(12)20-15/h4-7,16H,8-11H2,1-3H3. The van der Waals surface area contributed by atoms with E-state index in [0.29, 0.717) is 6.54 Å². The van der Waals surface area contributed by atoms with Gasteiger partial charge in [-0.05, 0) is 31.1 Å². The highest BCUT2D eigenvalue weighted by Gasteiger charge is 2.14. The normalized spacial score (nSPS) is 12.4. The van der Waals surface area contributed by atoms with Gasteiger partial charge in [-0.2, -0.15) is 0 Å². The van der Waals surface area contributed by atoms with Crippen LogP contribution in [0.15, 0.2) is 24.3 Å². The lowest BCUT2D eigenvalue weighted by atomic mass is 10.1. The van der Waals surface area contributed by atoms with Crippen molar-refractivity contribution in [2.24, 2.45) is 0 Å². The molecule has 1 aromatic heterocycles. The summed E-state index contributed by atoms with van der Waals surface area (Å²) in [6, 6.07) is 8.39. The van der Waals surface area contributed by atoms with E-state index in [2.05, 4.69) is 34.5 Å². The fourth-order valence-corrected chi connectivity index (χ4v) is 4.17. The van der Waals surface area contributed by atoms with Crippen LogP contribution in [0, 0.1) is 0 Å². The molecular weight excluding hydrogens is 304 g/mol. The van der Waals surface area contributed by atoms with Gasteiger partial charge < -0.3 is 10.2 Å². The first-order valence-corrected chi connectivity index (χ1v) is 9.78. The van der Waals surface area contributed by atoms with Crippen LogP contribution in [0.5, 0.6) is 0 Å². The molecule has 0 aliphatic carbocycles. The van der Waals surface area contributed by atoms with E-state index < -0.39 is 9.84 Å². The molecule has 1 heterocycles. The highest BCUT2D eigenvalue weighted by molar-refractivity contribution is 7.90. The summed E-state index contributed by atoms with van der Waals surface area (Å²) < 4.78 is 23.9. The predicted molar refractivity (Wildman–Crippen MR) is 90.6 cm³/mol. The number of thiophene rings is 1. The Morgan fingerprint density at radius 3 is 2.67 bits per heavy atom. The van der Waals surface area contributed by atoms with Crippen molar-refractivity contribution < 1.29 is 8.42 Å². The quantitative estimate of drug-likeness (QED) is 0.846. The second kappa shape index (κ2) is 6.87. The SMILES string of the molecule is CNCc1sc2ccccc2c1CN(C)CCS(C)(=O)=O. The molecule has 0 bridgehead atoms. The molecular formula is C15H22N2O2S2. The predicted octanol–water partition coefficient (Wildman–Crippen LogP) is 2.10.